The molecule has 3 N–H and O–H groups in total. The molecule has 1 aliphatic heterocycles. The standard InChI is InChI=1S/C25H24N6O4/c1-14-30-31-22(34-14)18-12-26-24(29-21(18)28-20(13-32)15-7-5-4-6-8-15)27-16-9-10-17-19(11-16)25(2,3)35-23(17)33/h4-12,20,32H,13H2,1-3H3,(H2,26,27,28,29)/t20-/m1/s1. The normalized spacial score (nSPS) is 14.8. The van der Waals surface area contributed by atoms with E-state index >= 15 is 0 Å². The first-order valence-electron chi connectivity index (χ1n) is 11.1. The van der Waals surface area contributed by atoms with E-state index in [9.17, 15) is 9.90 Å². The highest BCUT2D eigenvalue weighted by molar-refractivity contribution is 5.95. The van der Waals surface area contributed by atoms with Gasteiger partial charge in [0.2, 0.25) is 11.8 Å². The lowest BCUT2D eigenvalue weighted by atomic mass is 9.95. The van der Waals surface area contributed by atoms with E-state index in [1.54, 1.807) is 25.3 Å². The summed E-state index contributed by atoms with van der Waals surface area (Å²) < 4.78 is 11.1. The smallest absolute Gasteiger partial charge is 0.339 e. The molecule has 0 saturated heterocycles. The first-order chi connectivity index (χ1) is 16.8. The van der Waals surface area contributed by atoms with Crippen LogP contribution < -0.4 is 10.6 Å². The van der Waals surface area contributed by atoms with E-state index in [2.05, 4.69) is 30.8 Å². The second-order valence-electron chi connectivity index (χ2n) is 8.66. The van der Waals surface area contributed by atoms with Crippen LogP contribution in [0.2, 0.25) is 0 Å². The number of benzene rings is 2. The number of hydrogen-bond donors (Lipinski definition) is 3. The van der Waals surface area contributed by atoms with Crippen LogP contribution in [0.4, 0.5) is 17.5 Å². The topological polar surface area (TPSA) is 135 Å². The zero-order valence-electron chi connectivity index (χ0n) is 19.4. The van der Waals surface area contributed by atoms with Gasteiger partial charge in [-0.25, -0.2) is 9.78 Å². The van der Waals surface area contributed by atoms with Gasteiger partial charge >= 0.3 is 5.97 Å². The van der Waals surface area contributed by atoms with Crippen molar-refractivity contribution in [1.29, 1.82) is 0 Å². The Morgan fingerprint density at radius 2 is 1.89 bits per heavy atom. The molecule has 0 amide bonds. The Labute approximate surface area is 201 Å². The van der Waals surface area contributed by atoms with E-state index in [1.165, 1.54) is 0 Å². The average Bonchev–Trinajstić information content (AvgIpc) is 3.37. The summed E-state index contributed by atoms with van der Waals surface area (Å²) in [7, 11) is 0. The van der Waals surface area contributed by atoms with Gasteiger partial charge in [-0.3, -0.25) is 0 Å². The Hall–Kier alpha value is -4.31. The average molecular weight is 473 g/mol. The van der Waals surface area contributed by atoms with Gasteiger partial charge in [-0.1, -0.05) is 30.3 Å². The molecule has 4 aromatic rings. The second kappa shape index (κ2) is 8.80. The van der Waals surface area contributed by atoms with Gasteiger partial charge in [0.1, 0.15) is 11.4 Å². The second-order valence-corrected chi connectivity index (χ2v) is 8.66. The summed E-state index contributed by atoms with van der Waals surface area (Å²) in [4.78, 5) is 21.2. The van der Waals surface area contributed by atoms with Crippen LogP contribution in [0.1, 0.15) is 47.3 Å². The van der Waals surface area contributed by atoms with Gasteiger partial charge in [0.15, 0.2) is 0 Å². The van der Waals surface area contributed by atoms with Crippen molar-refractivity contribution in [3.8, 4) is 11.5 Å². The fourth-order valence-electron chi connectivity index (χ4n) is 3.97. The van der Waals surface area contributed by atoms with Gasteiger partial charge in [-0.05, 0) is 37.6 Å². The number of fused-ring (bicyclic) bond motifs is 1. The van der Waals surface area contributed by atoms with Crippen LogP contribution in [0, 0.1) is 6.92 Å². The maximum Gasteiger partial charge on any atom is 0.339 e. The van der Waals surface area contributed by atoms with Crippen LogP contribution in [-0.4, -0.2) is 37.8 Å². The van der Waals surface area contributed by atoms with E-state index < -0.39 is 11.6 Å². The zero-order valence-corrected chi connectivity index (χ0v) is 19.4. The molecular formula is C25H24N6O4. The highest BCUT2D eigenvalue weighted by Gasteiger charge is 2.37. The van der Waals surface area contributed by atoms with Crippen LogP contribution in [-0.2, 0) is 10.3 Å². The van der Waals surface area contributed by atoms with Crippen LogP contribution in [0.15, 0.2) is 59.1 Å². The first kappa shape index (κ1) is 22.5. The zero-order chi connectivity index (χ0) is 24.6. The number of nitrogens with one attached hydrogen (secondary N) is 2. The Morgan fingerprint density at radius 1 is 1.09 bits per heavy atom. The Morgan fingerprint density at radius 3 is 2.60 bits per heavy atom. The van der Waals surface area contributed by atoms with E-state index in [1.807, 2.05) is 50.2 Å². The molecule has 10 nitrogen and oxygen atoms in total. The van der Waals surface area contributed by atoms with E-state index in [0.29, 0.717) is 34.5 Å². The lowest BCUT2D eigenvalue weighted by Gasteiger charge is -2.20. The molecule has 2 aromatic heterocycles. The van der Waals surface area contributed by atoms with Crippen LogP contribution in [0.3, 0.4) is 0 Å². The summed E-state index contributed by atoms with van der Waals surface area (Å²) in [5, 5.41) is 24.5. The number of esters is 1. The molecule has 0 radical (unpaired) electrons. The van der Waals surface area contributed by atoms with Crippen molar-refractivity contribution in [2.75, 3.05) is 17.2 Å². The largest absolute Gasteiger partial charge is 0.451 e. The van der Waals surface area contributed by atoms with Crippen molar-refractivity contribution in [3.05, 3.63) is 77.3 Å². The summed E-state index contributed by atoms with van der Waals surface area (Å²) in [5.74, 6) is 1.05. The van der Waals surface area contributed by atoms with Crippen LogP contribution in [0.25, 0.3) is 11.5 Å². The Kier molecular flexibility index (Phi) is 5.65. The van der Waals surface area contributed by atoms with Gasteiger partial charge in [-0.2, -0.15) is 4.98 Å². The van der Waals surface area contributed by atoms with Crippen LogP contribution in [0.5, 0.6) is 0 Å². The molecular weight excluding hydrogens is 448 g/mol. The Balaban J connectivity index is 1.50. The summed E-state index contributed by atoms with van der Waals surface area (Å²) in [6.45, 7) is 5.23. The maximum absolute atomic E-state index is 12.1. The number of carbonyl (C=O) groups excluding carboxylic acids is 1. The van der Waals surface area contributed by atoms with Crippen molar-refractivity contribution in [1.82, 2.24) is 20.2 Å². The molecule has 3 heterocycles. The Bertz CT molecular complexity index is 1390. The minimum atomic E-state index is -0.721. The minimum Gasteiger partial charge on any atom is -0.451 e. The van der Waals surface area contributed by atoms with Crippen molar-refractivity contribution in [3.63, 3.8) is 0 Å². The monoisotopic (exact) mass is 472 g/mol. The molecule has 1 aliphatic rings. The number of aryl methyl sites for hydroxylation is 1. The number of anilines is 3. The number of nitrogens with zero attached hydrogens (tertiary/aromatic N) is 4. The number of rotatable bonds is 7. The van der Waals surface area contributed by atoms with E-state index in [0.717, 1.165) is 11.1 Å². The molecule has 0 aliphatic carbocycles. The third-order valence-electron chi connectivity index (χ3n) is 5.73. The molecule has 178 valence electrons. The van der Waals surface area contributed by atoms with Crippen molar-refractivity contribution >= 4 is 23.4 Å². The third-order valence-corrected chi connectivity index (χ3v) is 5.73. The van der Waals surface area contributed by atoms with Crippen LogP contribution >= 0.6 is 0 Å². The van der Waals surface area contributed by atoms with Gasteiger partial charge in [0, 0.05) is 24.4 Å². The number of aliphatic hydroxyl groups is 1. The quantitative estimate of drug-likeness (QED) is 0.337. The fourth-order valence-corrected chi connectivity index (χ4v) is 3.97. The predicted octanol–water partition coefficient (Wildman–Crippen LogP) is 4.13. The van der Waals surface area contributed by atoms with E-state index in [-0.39, 0.29) is 18.5 Å². The fraction of sp³-hybridized carbons (Fsp3) is 0.240. The van der Waals surface area contributed by atoms with Gasteiger partial charge in [0.25, 0.3) is 5.89 Å². The molecule has 1 atom stereocenters. The molecule has 5 rings (SSSR count). The third kappa shape index (κ3) is 4.43. The SMILES string of the molecule is Cc1nnc(-c2cnc(Nc3ccc4c(c3)C(C)(C)OC4=O)nc2N[C@H](CO)c2ccccc2)o1. The summed E-state index contributed by atoms with van der Waals surface area (Å²) >= 11 is 0. The molecule has 0 spiro atoms. The molecule has 2 aromatic carbocycles. The molecule has 0 unspecified atom stereocenters. The van der Waals surface area contributed by atoms with Crippen molar-refractivity contribution < 1.29 is 19.1 Å². The van der Waals surface area contributed by atoms with E-state index in [4.69, 9.17) is 9.15 Å². The summed E-state index contributed by atoms with van der Waals surface area (Å²) in [6.07, 6.45) is 1.58. The highest BCUT2D eigenvalue weighted by atomic mass is 16.6. The lowest BCUT2D eigenvalue weighted by Crippen LogP contribution is -2.17. The lowest BCUT2D eigenvalue weighted by molar-refractivity contribution is 0.00954. The number of hydrogen-bond acceptors (Lipinski definition) is 10. The van der Waals surface area contributed by atoms with Gasteiger partial charge in [0.05, 0.1) is 23.8 Å². The van der Waals surface area contributed by atoms with Gasteiger partial charge in [-0.15, -0.1) is 10.2 Å². The van der Waals surface area contributed by atoms with Crippen molar-refractivity contribution in [2.24, 2.45) is 0 Å². The number of aliphatic hydroxyl groups excluding tert-OH is 1. The summed E-state index contributed by atoms with van der Waals surface area (Å²) in [6, 6.07) is 14.5. The van der Waals surface area contributed by atoms with Gasteiger partial charge < -0.3 is 24.9 Å². The van der Waals surface area contributed by atoms with Crippen molar-refractivity contribution in [2.45, 2.75) is 32.4 Å². The summed E-state index contributed by atoms with van der Waals surface area (Å²) in [5.41, 5.74) is 2.69. The highest BCUT2D eigenvalue weighted by Crippen LogP contribution is 2.38. The number of ether oxygens (including phenoxy) is 1. The first-order valence-corrected chi connectivity index (χ1v) is 11.1. The molecule has 0 saturated carbocycles. The predicted molar refractivity (Wildman–Crippen MR) is 128 cm³/mol. The molecule has 0 fully saturated rings. The molecule has 35 heavy (non-hydrogen) atoms. The number of cyclic esters (lactones) is 1. The number of carbonyl (C=O) groups is 1. The molecule has 0 bridgehead atoms. The maximum atomic E-state index is 12.1. The number of aromatic nitrogens is 4. The minimum absolute atomic E-state index is 0.160. The molecule has 10 heteroatoms.